The molecule has 1 aliphatic carbocycles. The number of thioether (sulfide) groups is 1. The lowest BCUT2D eigenvalue weighted by atomic mass is 9.91. The minimum Gasteiger partial charge on any atom is -0.338 e. The normalized spacial score (nSPS) is 30.1. The first-order valence-corrected chi connectivity index (χ1v) is 8.18. The Labute approximate surface area is 108 Å². The maximum Gasteiger partial charge on any atom is 0.239 e. The van der Waals surface area contributed by atoms with Gasteiger partial charge in [0.2, 0.25) is 5.91 Å². The van der Waals surface area contributed by atoms with Crippen LogP contribution in [0.25, 0.3) is 0 Å². The summed E-state index contributed by atoms with van der Waals surface area (Å²) < 4.78 is 0. The molecule has 0 aromatic heterocycles. The lowest BCUT2D eigenvalue weighted by molar-refractivity contribution is -0.137. The van der Waals surface area contributed by atoms with E-state index in [0.717, 1.165) is 24.6 Å². The van der Waals surface area contributed by atoms with Crippen molar-refractivity contribution in [1.82, 2.24) is 4.90 Å². The third-order valence-electron chi connectivity index (χ3n) is 4.23. The molecule has 0 bridgehead atoms. The second-order valence-corrected chi connectivity index (χ2v) is 6.31. The Morgan fingerprint density at radius 1 is 1.41 bits per heavy atom. The summed E-state index contributed by atoms with van der Waals surface area (Å²) in [4.78, 5) is 14.4. The maximum absolute atomic E-state index is 12.3. The molecule has 1 amide bonds. The van der Waals surface area contributed by atoms with Gasteiger partial charge in [0.1, 0.15) is 0 Å². The van der Waals surface area contributed by atoms with E-state index in [4.69, 9.17) is 5.73 Å². The molecule has 1 saturated heterocycles. The molecule has 1 heterocycles. The molecule has 2 N–H and O–H groups in total. The molecule has 2 rings (SSSR count). The van der Waals surface area contributed by atoms with Crippen molar-refractivity contribution in [2.45, 2.75) is 50.6 Å². The fourth-order valence-corrected chi connectivity index (χ4v) is 3.80. The average molecular weight is 256 g/mol. The summed E-state index contributed by atoms with van der Waals surface area (Å²) in [5.74, 6) is 1.95. The number of amides is 1. The molecule has 2 unspecified atom stereocenters. The van der Waals surface area contributed by atoms with Gasteiger partial charge in [-0.25, -0.2) is 0 Å². The summed E-state index contributed by atoms with van der Waals surface area (Å²) in [6, 6.07) is 0.235. The molecular weight excluding hydrogens is 232 g/mol. The van der Waals surface area contributed by atoms with Gasteiger partial charge in [0.15, 0.2) is 0 Å². The summed E-state index contributed by atoms with van der Waals surface area (Å²) in [5, 5.41) is 0. The van der Waals surface area contributed by atoms with Crippen molar-refractivity contribution < 1.29 is 4.79 Å². The van der Waals surface area contributed by atoms with Crippen LogP contribution in [0.3, 0.4) is 0 Å². The van der Waals surface area contributed by atoms with Gasteiger partial charge in [0.25, 0.3) is 0 Å². The molecule has 1 saturated carbocycles. The summed E-state index contributed by atoms with van der Waals surface area (Å²) in [6.45, 7) is 0.937. The fourth-order valence-electron chi connectivity index (χ4n) is 3.31. The molecule has 2 aliphatic rings. The number of carbonyl (C=O) groups excluding carboxylic acids is 1. The van der Waals surface area contributed by atoms with Crippen molar-refractivity contribution in [1.29, 1.82) is 0 Å². The maximum atomic E-state index is 12.3. The average Bonchev–Trinajstić information content (AvgIpc) is 2.82. The molecule has 0 radical (unpaired) electrons. The second kappa shape index (κ2) is 6.10. The van der Waals surface area contributed by atoms with Gasteiger partial charge in [-0.2, -0.15) is 11.8 Å². The van der Waals surface area contributed by atoms with Gasteiger partial charge < -0.3 is 10.6 Å². The lowest BCUT2D eigenvalue weighted by Crippen LogP contribution is -2.52. The number of carbonyl (C=O) groups is 1. The Morgan fingerprint density at radius 2 is 2.18 bits per heavy atom. The molecule has 0 aromatic carbocycles. The predicted molar refractivity (Wildman–Crippen MR) is 73.1 cm³/mol. The van der Waals surface area contributed by atoms with Gasteiger partial charge in [-0.15, -0.1) is 0 Å². The van der Waals surface area contributed by atoms with Crippen LogP contribution in [0.2, 0.25) is 0 Å². The first kappa shape index (κ1) is 13.2. The van der Waals surface area contributed by atoms with Crippen LogP contribution < -0.4 is 5.73 Å². The highest BCUT2D eigenvalue weighted by Gasteiger charge is 2.38. The van der Waals surface area contributed by atoms with E-state index in [-0.39, 0.29) is 11.9 Å². The third kappa shape index (κ3) is 2.97. The predicted octanol–water partition coefficient (Wildman–Crippen LogP) is 1.86. The quantitative estimate of drug-likeness (QED) is 0.835. The van der Waals surface area contributed by atoms with Crippen LogP contribution >= 0.6 is 11.8 Å². The Bertz CT molecular complexity index is 272. The number of fused-ring (bicyclic) bond motifs is 1. The molecule has 1 aliphatic heterocycles. The number of hydrogen-bond donors (Lipinski definition) is 1. The zero-order valence-electron chi connectivity index (χ0n) is 10.7. The molecule has 3 nitrogen and oxygen atoms in total. The van der Waals surface area contributed by atoms with Crippen LogP contribution in [0.5, 0.6) is 0 Å². The van der Waals surface area contributed by atoms with Crippen LogP contribution in [0.4, 0.5) is 0 Å². The van der Waals surface area contributed by atoms with E-state index in [2.05, 4.69) is 11.2 Å². The van der Waals surface area contributed by atoms with E-state index >= 15 is 0 Å². The first-order valence-electron chi connectivity index (χ1n) is 6.79. The van der Waals surface area contributed by atoms with E-state index in [1.165, 1.54) is 32.1 Å². The molecule has 3 atom stereocenters. The summed E-state index contributed by atoms with van der Waals surface area (Å²) >= 11 is 1.76. The van der Waals surface area contributed by atoms with E-state index in [9.17, 15) is 4.79 Å². The second-order valence-electron chi connectivity index (χ2n) is 5.32. The number of rotatable bonds is 4. The highest BCUT2D eigenvalue weighted by molar-refractivity contribution is 7.98. The zero-order chi connectivity index (χ0) is 12.3. The number of nitrogens with zero attached hydrogens (tertiary/aromatic N) is 1. The van der Waals surface area contributed by atoms with Crippen molar-refractivity contribution in [2.24, 2.45) is 11.7 Å². The van der Waals surface area contributed by atoms with E-state index in [1.54, 1.807) is 11.8 Å². The Morgan fingerprint density at radius 3 is 2.94 bits per heavy atom. The SMILES string of the molecule is CSCC[C@@H](N)C(=O)N1CCCC2CCCC21. The van der Waals surface area contributed by atoms with Crippen molar-refractivity contribution in [3.8, 4) is 0 Å². The smallest absolute Gasteiger partial charge is 0.239 e. The summed E-state index contributed by atoms with van der Waals surface area (Å²) in [7, 11) is 0. The molecule has 0 spiro atoms. The number of nitrogens with two attached hydrogens (primary N) is 1. The summed E-state index contributed by atoms with van der Waals surface area (Å²) in [5.41, 5.74) is 6.01. The number of hydrogen-bond acceptors (Lipinski definition) is 3. The monoisotopic (exact) mass is 256 g/mol. The number of piperidine rings is 1. The van der Waals surface area contributed by atoms with Gasteiger partial charge in [-0.05, 0) is 50.0 Å². The molecule has 98 valence electrons. The van der Waals surface area contributed by atoms with Crippen molar-refractivity contribution in [2.75, 3.05) is 18.6 Å². The minimum atomic E-state index is -0.276. The van der Waals surface area contributed by atoms with Gasteiger partial charge in [-0.3, -0.25) is 4.79 Å². The Kier molecular flexibility index (Phi) is 4.74. The van der Waals surface area contributed by atoms with Crippen molar-refractivity contribution >= 4 is 17.7 Å². The highest BCUT2D eigenvalue weighted by atomic mass is 32.2. The fraction of sp³-hybridized carbons (Fsp3) is 0.923. The first-order chi connectivity index (χ1) is 8.24. The Hall–Kier alpha value is -0.220. The standard InChI is InChI=1S/C13H24N2OS/c1-17-9-7-11(14)13(16)15-8-3-5-10-4-2-6-12(10)15/h10-12H,2-9,14H2,1H3/t10?,11-,12?/m1/s1. The van der Waals surface area contributed by atoms with Crippen LogP contribution in [0.15, 0.2) is 0 Å². The van der Waals surface area contributed by atoms with Gasteiger partial charge in [0, 0.05) is 12.6 Å². The molecule has 4 heteroatoms. The number of likely N-dealkylation sites (tertiary alicyclic amines) is 1. The third-order valence-corrected chi connectivity index (χ3v) is 4.87. The molecular formula is C13H24N2OS. The minimum absolute atomic E-state index is 0.204. The van der Waals surface area contributed by atoms with E-state index < -0.39 is 0 Å². The lowest BCUT2D eigenvalue weighted by Gasteiger charge is -2.39. The van der Waals surface area contributed by atoms with Gasteiger partial charge >= 0.3 is 0 Å². The topological polar surface area (TPSA) is 46.3 Å². The van der Waals surface area contributed by atoms with Crippen molar-refractivity contribution in [3.63, 3.8) is 0 Å². The summed E-state index contributed by atoms with van der Waals surface area (Å²) in [6.07, 6.45) is 9.16. The van der Waals surface area contributed by atoms with Crippen LogP contribution in [-0.4, -0.2) is 41.4 Å². The Balaban J connectivity index is 1.93. The van der Waals surface area contributed by atoms with Crippen LogP contribution in [0, 0.1) is 5.92 Å². The zero-order valence-corrected chi connectivity index (χ0v) is 11.5. The van der Waals surface area contributed by atoms with Crippen molar-refractivity contribution in [3.05, 3.63) is 0 Å². The van der Waals surface area contributed by atoms with E-state index in [1.807, 2.05) is 0 Å². The van der Waals surface area contributed by atoms with Crippen LogP contribution in [-0.2, 0) is 4.79 Å². The van der Waals surface area contributed by atoms with E-state index in [0.29, 0.717) is 6.04 Å². The highest BCUT2D eigenvalue weighted by Crippen LogP contribution is 2.36. The largest absolute Gasteiger partial charge is 0.338 e. The molecule has 17 heavy (non-hydrogen) atoms. The molecule has 0 aromatic rings. The van der Waals surface area contributed by atoms with Crippen LogP contribution in [0.1, 0.15) is 38.5 Å². The van der Waals surface area contributed by atoms with Gasteiger partial charge in [-0.1, -0.05) is 6.42 Å². The van der Waals surface area contributed by atoms with Gasteiger partial charge in [0.05, 0.1) is 6.04 Å². The molecule has 2 fully saturated rings.